The van der Waals surface area contributed by atoms with E-state index < -0.39 is 65.6 Å². The molecule has 6 N–H and O–H groups in total. The first kappa shape index (κ1) is 38.2. The van der Waals surface area contributed by atoms with Crippen molar-refractivity contribution >= 4 is 46.3 Å². The van der Waals surface area contributed by atoms with E-state index in [1.54, 1.807) is 26.0 Å². The Bertz CT molecular complexity index is 1630. The summed E-state index contributed by atoms with van der Waals surface area (Å²) < 4.78 is 5.28. The van der Waals surface area contributed by atoms with Crippen LogP contribution in [0.3, 0.4) is 0 Å². The molecule has 0 heterocycles. The van der Waals surface area contributed by atoms with E-state index in [-0.39, 0.29) is 25.4 Å². The van der Waals surface area contributed by atoms with Gasteiger partial charge in [0.15, 0.2) is 0 Å². The molecule has 0 radical (unpaired) electrons. The van der Waals surface area contributed by atoms with E-state index in [1.807, 2.05) is 74.5 Å². The Labute approximate surface area is 286 Å². The number of hydrogen-bond donors (Lipinski definition) is 5. The molecule has 12 heteroatoms. The third-order valence-electron chi connectivity index (χ3n) is 8.20. The number of Topliss-reactive ketones (excluding diaryl/α,β-unsaturated/α-hetero) is 1. The van der Waals surface area contributed by atoms with Crippen molar-refractivity contribution in [3.05, 3.63) is 83.9 Å². The standard InChI is InChI=1S/C37H47N5O7/c1-6-23(4)31(42-35(46)30(18-22(2)3)41-37(48)49-21-25-12-8-7-9-13-25)32(43)36(47)39-24(5)34(45)40-29(33(38)44)20-26-16-17-27-14-10-11-15-28(27)19-26/h7-17,19,22-24,29-31H,6,18,20-21H2,1-5H3,(H2,38,44)(H,39,47)(H,40,45)(H,41,48)(H,42,46). The van der Waals surface area contributed by atoms with Crippen molar-refractivity contribution < 1.29 is 33.5 Å². The second-order valence-corrected chi connectivity index (χ2v) is 12.7. The topological polar surface area (TPSA) is 186 Å². The van der Waals surface area contributed by atoms with Crippen LogP contribution < -0.4 is 27.0 Å². The molecule has 0 fully saturated rings. The third-order valence-corrected chi connectivity index (χ3v) is 8.20. The molecule has 0 aliphatic rings. The lowest BCUT2D eigenvalue weighted by Crippen LogP contribution is -2.58. The Morgan fingerprint density at radius 1 is 0.714 bits per heavy atom. The summed E-state index contributed by atoms with van der Waals surface area (Å²) in [6, 6.07) is 17.9. The SMILES string of the molecule is CCC(C)C(NC(=O)C(CC(C)C)NC(=O)OCc1ccccc1)C(=O)C(=O)NC(C)C(=O)NC(Cc1ccc2ccccc2c1)C(N)=O. The van der Waals surface area contributed by atoms with Gasteiger partial charge in [-0.1, -0.05) is 107 Å². The molecule has 0 spiro atoms. The molecule has 0 saturated heterocycles. The molecule has 5 atom stereocenters. The number of amides is 5. The van der Waals surface area contributed by atoms with Crippen LogP contribution in [-0.4, -0.2) is 59.7 Å². The van der Waals surface area contributed by atoms with Crippen LogP contribution in [0.15, 0.2) is 72.8 Å². The second kappa shape index (κ2) is 18.3. The predicted octanol–water partition coefficient (Wildman–Crippen LogP) is 3.30. The van der Waals surface area contributed by atoms with Crippen LogP contribution in [0.25, 0.3) is 10.8 Å². The summed E-state index contributed by atoms with van der Waals surface area (Å²) >= 11 is 0. The van der Waals surface area contributed by atoms with Gasteiger partial charge in [-0.25, -0.2) is 4.79 Å². The Morgan fingerprint density at radius 3 is 2.00 bits per heavy atom. The van der Waals surface area contributed by atoms with Gasteiger partial charge >= 0.3 is 6.09 Å². The number of benzene rings is 3. The van der Waals surface area contributed by atoms with E-state index in [1.165, 1.54) is 6.92 Å². The molecule has 5 amide bonds. The van der Waals surface area contributed by atoms with Crippen LogP contribution in [0.2, 0.25) is 0 Å². The number of ketones is 1. The van der Waals surface area contributed by atoms with Crippen molar-refractivity contribution in [2.24, 2.45) is 17.6 Å². The summed E-state index contributed by atoms with van der Waals surface area (Å²) in [5.41, 5.74) is 7.14. The summed E-state index contributed by atoms with van der Waals surface area (Å²) in [5.74, 6) is -4.64. The normalized spacial score (nSPS) is 14.1. The van der Waals surface area contributed by atoms with E-state index in [9.17, 15) is 28.8 Å². The number of fused-ring (bicyclic) bond motifs is 1. The zero-order valence-corrected chi connectivity index (χ0v) is 28.7. The highest BCUT2D eigenvalue weighted by atomic mass is 16.5. The maximum atomic E-state index is 13.4. The Hall–Kier alpha value is -5.26. The number of nitrogens with one attached hydrogen (secondary N) is 4. The minimum atomic E-state index is -1.24. The van der Waals surface area contributed by atoms with Crippen LogP contribution in [0.5, 0.6) is 0 Å². The summed E-state index contributed by atoms with van der Waals surface area (Å²) in [6.45, 7) is 8.63. The molecule has 3 aromatic carbocycles. The second-order valence-electron chi connectivity index (χ2n) is 12.7. The smallest absolute Gasteiger partial charge is 0.408 e. The lowest BCUT2D eigenvalue weighted by Gasteiger charge is -2.27. The van der Waals surface area contributed by atoms with Gasteiger partial charge in [-0.15, -0.1) is 0 Å². The minimum absolute atomic E-state index is 0.00366. The van der Waals surface area contributed by atoms with Gasteiger partial charge in [0.05, 0.1) is 6.04 Å². The average molecular weight is 674 g/mol. The van der Waals surface area contributed by atoms with Gasteiger partial charge in [0.1, 0.15) is 24.7 Å². The first-order valence-corrected chi connectivity index (χ1v) is 16.5. The Balaban J connectivity index is 1.63. The summed E-state index contributed by atoms with van der Waals surface area (Å²) in [7, 11) is 0. The zero-order valence-electron chi connectivity index (χ0n) is 28.7. The number of carbonyl (C=O) groups excluding carboxylic acids is 6. The number of alkyl carbamates (subject to hydrolysis) is 1. The number of hydrogen-bond acceptors (Lipinski definition) is 7. The van der Waals surface area contributed by atoms with Gasteiger partial charge in [-0.3, -0.25) is 24.0 Å². The fraction of sp³-hybridized carbons (Fsp3) is 0.405. The fourth-order valence-electron chi connectivity index (χ4n) is 5.16. The van der Waals surface area contributed by atoms with Gasteiger partial charge in [0.25, 0.3) is 5.91 Å². The maximum absolute atomic E-state index is 13.4. The lowest BCUT2D eigenvalue weighted by molar-refractivity contribution is -0.142. The van der Waals surface area contributed by atoms with Gasteiger partial charge in [-0.05, 0) is 47.1 Å². The van der Waals surface area contributed by atoms with Crippen LogP contribution in [0.1, 0.15) is 58.6 Å². The number of primary amides is 1. The monoisotopic (exact) mass is 673 g/mol. The minimum Gasteiger partial charge on any atom is -0.445 e. The van der Waals surface area contributed by atoms with Crippen molar-refractivity contribution in [1.82, 2.24) is 21.3 Å². The van der Waals surface area contributed by atoms with Gasteiger partial charge in [-0.2, -0.15) is 0 Å². The molecule has 3 rings (SSSR count). The highest BCUT2D eigenvalue weighted by Crippen LogP contribution is 2.17. The lowest BCUT2D eigenvalue weighted by atomic mass is 9.93. The molecule has 0 bridgehead atoms. The van der Waals surface area contributed by atoms with E-state index >= 15 is 0 Å². The first-order chi connectivity index (χ1) is 23.3. The van der Waals surface area contributed by atoms with Crippen molar-refractivity contribution in [2.45, 2.75) is 84.7 Å². The molecule has 0 aliphatic heterocycles. The zero-order chi connectivity index (χ0) is 36.1. The van der Waals surface area contributed by atoms with E-state index in [0.717, 1.165) is 21.9 Å². The largest absolute Gasteiger partial charge is 0.445 e. The Morgan fingerprint density at radius 2 is 1.37 bits per heavy atom. The molecule has 0 aromatic heterocycles. The number of carbonyl (C=O) groups is 6. The first-order valence-electron chi connectivity index (χ1n) is 16.5. The molecule has 12 nitrogen and oxygen atoms in total. The fourth-order valence-corrected chi connectivity index (χ4v) is 5.16. The molecular formula is C37H47N5O7. The number of nitrogens with two attached hydrogens (primary N) is 1. The van der Waals surface area contributed by atoms with Gasteiger partial charge in [0, 0.05) is 6.42 Å². The highest BCUT2D eigenvalue weighted by Gasteiger charge is 2.35. The number of ether oxygens (including phenoxy) is 1. The Kier molecular flexibility index (Phi) is 14.3. The van der Waals surface area contributed by atoms with E-state index in [2.05, 4.69) is 21.3 Å². The average Bonchev–Trinajstić information content (AvgIpc) is 3.08. The predicted molar refractivity (Wildman–Crippen MR) is 186 cm³/mol. The van der Waals surface area contributed by atoms with Crippen LogP contribution in [0, 0.1) is 11.8 Å². The van der Waals surface area contributed by atoms with E-state index in [0.29, 0.717) is 6.42 Å². The molecule has 0 saturated carbocycles. The molecule has 262 valence electrons. The van der Waals surface area contributed by atoms with Crippen LogP contribution in [-0.2, 0) is 41.7 Å². The van der Waals surface area contributed by atoms with Crippen molar-refractivity contribution in [3.63, 3.8) is 0 Å². The quantitative estimate of drug-likeness (QED) is 0.136. The van der Waals surface area contributed by atoms with Crippen LogP contribution in [0.4, 0.5) is 4.79 Å². The molecular weight excluding hydrogens is 626 g/mol. The third kappa shape index (κ3) is 11.7. The van der Waals surface area contributed by atoms with E-state index in [4.69, 9.17) is 10.5 Å². The molecule has 0 aliphatic carbocycles. The number of rotatable bonds is 17. The summed E-state index contributed by atoms with van der Waals surface area (Å²) in [4.78, 5) is 77.8. The van der Waals surface area contributed by atoms with Crippen LogP contribution >= 0.6 is 0 Å². The van der Waals surface area contributed by atoms with Crippen molar-refractivity contribution in [1.29, 1.82) is 0 Å². The molecule has 49 heavy (non-hydrogen) atoms. The van der Waals surface area contributed by atoms with Crippen molar-refractivity contribution in [2.75, 3.05) is 0 Å². The maximum Gasteiger partial charge on any atom is 0.408 e. The molecule has 5 unspecified atom stereocenters. The highest BCUT2D eigenvalue weighted by molar-refractivity contribution is 6.39. The van der Waals surface area contributed by atoms with Gasteiger partial charge in [0.2, 0.25) is 23.5 Å². The summed E-state index contributed by atoms with van der Waals surface area (Å²) in [5, 5.41) is 12.1. The van der Waals surface area contributed by atoms with Gasteiger partial charge < -0.3 is 31.7 Å². The summed E-state index contributed by atoms with van der Waals surface area (Å²) in [6.07, 6.45) is 0.0100. The van der Waals surface area contributed by atoms with Crippen molar-refractivity contribution in [3.8, 4) is 0 Å². The molecule has 3 aromatic rings.